The lowest BCUT2D eigenvalue weighted by Crippen LogP contribution is -1.65. The summed E-state index contributed by atoms with van der Waals surface area (Å²) in [5.41, 5.74) is 0.826. The van der Waals surface area contributed by atoms with Crippen LogP contribution in [0.4, 0.5) is 0 Å². The van der Waals surface area contributed by atoms with Gasteiger partial charge >= 0.3 is 0 Å². The van der Waals surface area contributed by atoms with E-state index in [0.717, 1.165) is 21.2 Å². The molecule has 12 heavy (non-hydrogen) atoms. The molecule has 0 saturated heterocycles. The Bertz CT molecular complexity index is 433. The summed E-state index contributed by atoms with van der Waals surface area (Å²) in [6.07, 6.45) is 0. The van der Waals surface area contributed by atoms with Crippen molar-refractivity contribution in [3.63, 3.8) is 0 Å². The van der Waals surface area contributed by atoms with Gasteiger partial charge in [-0.2, -0.15) is 0 Å². The lowest BCUT2D eigenvalue weighted by atomic mass is 10.2. The molecule has 0 bridgehead atoms. The Morgan fingerprint density at radius 2 is 2.17 bits per heavy atom. The van der Waals surface area contributed by atoms with Gasteiger partial charge < -0.3 is 4.42 Å². The van der Waals surface area contributed by atoms with Crippen LogP contribution in [0, 0.1) is 6.92 Å². The first-order chi connectivity index (χ1) is 5.68. The van der Waals surface area contributed by atoms with Crippen LogP contribution in [-0.2, 0) is 0 Å². The molecule has 0 aliphatic heterocycles. The number of hydrogen-bond donors (Lipinski definition) is 0. The lowest BCUT2D eigenvalue weighted by Gasteiger charge is -1.88. The fraction of sp³-hybridized carbons (Fsp3) is 0.111. The Morgan fingerprint density at radius 3 is 2.92 bits per heavy atom. The van der Waals surface area contributed by atoms with E-state index >= 15 is 0 Å². The molecule has 0 aliphatic rings. The van der Waals surface area contributed by atoms with Crippen LogP contribution >= 0.6 is 27.5 Å². The SMILES string of the molecule is Cc1oc2cc(Cl)ccc2c1Br. The zero-order valence-corrected chi connectivity index (χ0v) is 8.74. The summed E-state index contributed by atoms with van der Waals surface area (Å²) in [6.45, 7) is 1.91. The Hall–Kier alpha value is -0.470. The first-order valence-corrected chi connectivity index (χ1v) is 4.70. The summed E-state index contributed by atoms with van der Waals surface area (Å²) in [4.78, 5) is 0. The second-order valence-corrected chi connectivity index (χ2v) is 3.84. The van der Waals surface area contributed by atoms with E-state index in [1.165, 1.54) is 0 Å². The van der Waals surface area contributed by atoms with E-state index in [0.29, 0.717) is 5.02 Å². The molecule has 0 radical (unpaired) electrons. The van der Waals surface area contributed by atoms with Crippen LogP contribution in [0.5, 0.6) is 0 Å². The van der Waals surface area contributed by atoms with E-state index < -0.39 is 0 Å². The highest BCUT2D eigenvalue weighted by Crippen LogP contribution is 2.31. The van der Waals surface area contributed by atoms with E-state index in [1.54, 1.807) is 0 Å². The van der Waals surface area contributed by atoms with Crippen molar-refractivity contribution in [2.45, 2.75) is 6.92 Å². The third-order valence-corrected chi connectivity index (χ3v) is 2.97. The van der Waals surface area contributed by atoms with E-state index in [9.17, 15) is 0 Å². The molecule has 0 fully saturated rings. The number of benzene rings is 1. The average Bonchev–Trinajstić information content (AvgIpc) is 2.28. The summed E-state index contributed by atoms with van der Waals surface area (Å²) in [6, 6.07) is 5.61. The Balaban J connectivity index is 2.87. The fourth-order valence-corrected chi connectivity index (χ4v) is 1.73. The predicted molar refractivity (Wildman–Crippen MR) is 53.7 cm³/mol. The van der Waals surface area contributed by atoms with Crippen LogP contribution in [-0.4, -0.2) is 0 Å². The minimum Gasteiger partial charge on any atom is -0.460 e. The molecule has 1 aromatic carbocycles. The first-order valence-electron chi connectivity index (χ1n) is 3.52. The molecule has 2 aromatic rings. The average molecular weight is 246 g/mol. The number of furan rings is 1. The third kappa shape index (κ3) is 1.15. The fourth-order valence-electron chi connectivity index (χ4n) is 1.16. The second-order valence-electron chi connectivity index (χ2n) is 2.61. The van der Waals surface area contributed by atoms with Gasteiger partial charge in [-0.25, -0.2) is 0 Å². The topological polar surface area (TPSA) is 13.1 Å². The Labute approximate surface area is 83.4 Å². The van der Waals surface area contributed by atoms with Gasteiger partial charge in [0.2, 0.25) is 0 Å². The molecule has 0 atom stereocenters. The van der Waals surface area contributed by atoms with Crippen molar-refractivity contribution in [1.82, 2.24) is 0 Å². The molecule has 0 N–H and O–H groups in total. The standard InChI is InChI=1S/C9H6BrClO/c1-5-9(10)7-3-2-6(11)4-8(7)12-5/h2-4H,1H3. The Morgan fingerprint density at radius 1 is 1.42 bits per heavy atom. The van der Waals surface area contributed by atoms with Gasteiger partial charge in [0.25, 0.3) is 0 Å². The van der Waals surface area contributed by atoms with Crippen molar-refractivity contribution in [2.24, 2.45) is 0 Å². The van der Waals surface area contributed by atoms with Crippen molar-refractivity contribution < 1.29 is 4.42 Å². The quantitative estimate of drug-likeness (QED) is 0.679. The highest BCUT2D eigenvalue weighted by molar-refractivity contribution is 9.10. The minimum atomic E-state index is 0.698. The molecule has 1 heterocycles. The largest absolute Gasteiger partial charge is 0.460 e. The van der Waals surface area contributed by atoms with Crippen LogP contribution in [0.15, 0.2) is 27.1 Å². The van der Waals surface area contributed by atoms with Crippen molar-refractivity contribution in [3.05, 3.63) is 33.5 Å². The zero-order chi connectivity index (χ0) is 8.72. The summed E-state index contributed by atoms with van der Waals surface area (Å²) < 4.78 is 6.46. The molecule has 0 unspecified atom stereocenters. The van der Waals surface area contributed by atoms with Crippen LogP contribution in [0.3, 0.4) is 0 Å². The summed E-state index contributed by atoms with van der Waals surface area (Å²) >= 11 is 9.24. The van der Waals surface area contributed by atoms with E-state index in [-0.39, 0.29) is 0 Å². The van der Waals surface area contributed by atoms with Gasteiger partial charge in [-0.3, -0.25) is 0 Å². The number of hydrogen-bond acceptors (Lipinski definition) is 1. The lowest BCUT2D eigenvalue weighted by molar-refractivity contribution is 0.576. The van der Waals surface area contributed by atoms with E-state index in [2.05, 4.69) is 15.9 Å². The van der Waals surface area contributed by atoms with Crippen molar-refractivity contribution in [2.75, 3.05) is 0 Å². The van der Waals surface area contributed by atoms with Gasteiger partial charge in [0.05, 0.1) is 4.47 Å². The summed E-state index contributed by atoms with van der Waals surface area (Å²) in [5, 5.41) is 1.76. The van der Waals surface area contributed by atoms with Gasteiger partial charge in [-0.1, -0.05) is 11.6 Å². The summed E-state index contributed by atoms with van der Waals surface area (Å²) in [7, 11) is 0. The maximum Gasteiger partial charge on any atom is 0.136 e. The Kier molecular flexibility index (Phi) is 1.89. The smallest absolute Gasteiger partial charge is 0.136 e. The number of aryl methyl sites for hydroxylation is 1. The van der Waals surface area contributed by atoms with Crippen LogP contribution in [0.1, 0.15) is 5.76 Å². The minimum absolute atomic E-state index is 0.698. The van der Waals surface area contributed by atoms with Gasteiger partial charge in [0, 0.05) is 16.5 Å². The third-order valence-electron chi connectivity index (χ3n) is 1.75. The molecule has 3 heteroatoms. The molecule has 1 aromatic heterocycles. The van der Waals surface area contributed by atoms with Crippen molar-refractivity contribution in [1.29, 1.82) is 0 Å². The number of halogens is 2. The maximum absolute atomic E-state index is 5.80. The number of rotatable bonds is 0. The van der Waals surface area contributed by atoms with Crippen LogP contribution in [0.25, 0.3) is 11.0 Å². The van der Waals surface area contributed by atoms with Crippen LogP contribution in [0.2, 0.25) is 5.02 Å². The van der Waals surface area contributed by atoms with Crippen LogP contribution < -0.4 is 0 Å². The molecular weight excluding hydrogens is 239 g/mol. The van der Waals surface area contributed by atoms with E-state index in [1.807, 2.05) is 25.1 Å². The molecule has 1 nitrogen and oxygen atoms in total. The van der Waals surface area contributed by atoms with Gasteiger partial charge in [0.1, 0.15) is 11.3 Å². The first kappa shape index (κ1) is 8.14. The molecule has 0 amide bonds. The van der Waals surface area contributed by atoms with Gasteiger partial charge in [-0.15, -0.1) is 0 Å². The summed E-state index contributed by atoms with van der Waals surface area (Å²) in [5.74, 6) is 0.882. The maximum atomic E-state index is 5.80. The molecular formula is C9H6BrClO. The second kappa shape index (κ2) is 2.79. The van der Waals surface area contributed by atoms with Gasteiger partial charge in [0.15, 0.2) is 0 Å². The highest BCUT2D eigenvalue weighted by atomic mass is 79.9. The highest BCUT2D eigenvalue weighted by Gasteiger charge is 2.07. The number of fused-ring (bicyclic) bond motifs is 1. The van der Waals surface area contributed by atoms with Crippen molar-refractivity contribution >= 4 is 38.5 Å². The van der Waals surface area contributed by atoms with Crippen molar-refractivity contribution in [3.8, 4) is 0 Å². The molecule has 2 rings (SSSR count). The predicted octanol–water partition coefficient (Wildman–Crippen LogP) is 4.16. The molecule has 62 valence electrons. The molecule has 0 saturated carbocycles. The molecule has 0 spiro atoms. The van der Waals surface area contributed by atoms with Gasteiger partial charge in [-0.05, 0) is 35.0 Å². The normalized spacial score (nSPS) is 10.9. The molecule has 0 aliphatic carbocycles. The van der Waals surface area contributed by atoms with E-state index in [4.69, 9.17) is 16.0 Å². The zero-order valence-electron chi connectivity index (χ0n) is 6.40. The monoisotopic (exact) mass is 244 g/mol.